The van der Waals surface area contributed by atoms with E-state index in [2.05, 4.69) is 45.6 Å². The van der Waals surface area contributed by atoms with Crippen molar-refractivity contribution in [2.24, 2.45) is 0 Å². The summed E-state index contributed by atoms with van der Waals surface area (Å²) >= 11 is 6.44. The number of hydrogen-bond acceptors (Lipinski definition) is 6. The molecule has 0 spiro atoms. The third kappa shape index (κ3) is 4.36. The molecule has 1 aliphatic heterocycles. The highest BCUT2D eigenvalue weighted by Gasteiger charge is 2.28. The minimum Gasteiger partial charge on any atom is -0.491 e. The number of benzene rings is 2. The van der Waals surface area contributed by atoms with E-state index in [-0.39, 0.29) is 5.41 Å². The lowest BCUT2D eigenvalue weighted by molar-refractivity contribution is 0.315. The minimum atomic E-state index is 0.0350. The Hall–Kier alpha value is -3.58. The highest BCUT2D eigenvalue weighted by molar-refractivity contribution is 6.33. The molecule has 8 heteroatoms. The SMILES string of the molecule is CC1(C)CCCOc2c(Nc3ncc(Cl)c(Nc4ccccc4-n4cccn4)n3)cccc21. The zero-order valence-corrected chi connectivity index (χ0v) is 19.3. The van der Waals surface area contributed by atoms with Gasteiger partial charge in [0.1, 0.15) is 10.8 Å². The van der Waals surface area contributed by atoms with Crippen LogP contribution in [0.2, 0.25) is 5.02 Å². The number of nitrogens with one attached hydrogen (secondary N) is 2. The van der Waals surface area contributed by atoms with Crippen LogP contribution in [0, 0.1) is 0 Å². The van der Waals surface area contributed by atoms with Crippen LogP contribution >= 0.6 is 11.6 Å². The number of para-hydroxylation sites is 3. The summed E-state index contributed by atoms with van der Waals surface area (Å²) in [5, 5.41) is 11.4. The lowest BCUT2D eigenvalue weighted by Gasteiger charge is -2.25. The van der Waals surface area contributed by atoms with E-state index in [1.165, 1.54) is 5.56 Å². The molecule has 0 fully saturated rings. The molecule has 1 aliphatic rings. The lowest BCUT2D eigenvalue weighted by atomic mass is 9.80. The quantitative estimate of drug-likeness (QED) is 0.366. The molecular formula is C25H25ClN6O. The maximum atomic E-state index is 6.44. The van der Waals surface area contributed by atoms with Crippen LogP contribution in [0.25, 0.3) is 5.69 Å². The van der Waals surface area contributed by atoms with Crippen molar-refractivity contribution in [1.29, 1.82) is 0 Å². The molecule has 0 bridgehead atoms. The van der Waals surface area contributed by atoms with Crippen molar-refractivity contribution >= 4 is 34.7 Å². The van der Waals surface area contributed by atoms with Gasteiger partial charge in [0.05, 0.1) is 29.9 Å². The van der Waals surface area contributed by atoms with E-state index in [9.17, 15) is 0 Å². The minimum absolute atomic E-state index is 0.0350. The van der Waals surface area contributed by atoms with Gasteiger partial charge in [-0.3, -0.25) is 0 Å². The molecule has 168 valence electrons. The van der Waals surface area contributed by atoms with Crippen LogP contribution in [0.5, 0.6) is 5.75 Å². The van der Waals surface area contributed by atoms with E-state index in [0.29, 0.717) is 23.4 Å². The average molecular weight is 461 g/mol. The maximum absolute atomic E-state index is 6.44. The third-order valence-electron chi connectivity index (χ3n) is 5.84. The van der Waals surface area contributed by atoms with Crippen LogP contribution in [0.15, 0.2) is 67.1 Å². The molecule has 3 heterocycles. The predicted molar refractivity (Wildman–Crippen MR) is 131 cm³/mol. The molecule has 2 N–H and O–H groups in total. The first-order valence-corrected chi connectivity index (χ1v) is 11.3. The van der Waals surface area contributed by atoms with E-state index in [0.717, 1.165) is 35.7 Å². The van der Waals surface area contributed by atoms with E-state index in [1.807, 2.05) is 48.7 Å². The zero-order chi connectivity index (χ0) is 22.8. The highest BCUT2D eigenvalue weighted by atomic mass is 35.5. The van der Waals surface area contributed by atoms with Crippen molar-refractivity contribution in [3.8, 4) is 11.4 Å². The van der Waals surface area contributed by atoms with Gasteiger partial charge in [-0.1, -0.05) is 49.7 Å². The van der Waals surface area contributed by atoms with Crippen LogP contribution in [-0.4, -0.2) is 26.4 Å². The number of hydrogen-bond donors (Lipinski definition) is 2. The number of aromatic nitrogens is 4. The Bertz CT molecular complexity index is 1270. The second kappa shape index (κ2) is 8.75. The maximum Gasteiger partial charge on any atom is 0.229 e. The van der Waals surface area contributed by atoms with Crippen LogP contribution in [0.1, 0.15) is 32.3 Å². The molecule has 0 unspecified atom stereocenters. The molecule has 2 aromatic heterocycles. The van der Waals surface area contributed by atoms with Gasteiger partial charge >= 0.3 is 0 Å². The molecular weight excluding hydrogens is 436 g/mol. The summed E-state index contributed by atoms with van der Waals surface area (Å²) in [6.45, 7) is 5.19. The van der Waals surface area contributed by atoms with Gasteiger partial charge in [-0.2, -0.15) is 10.1 Å². The standard InChI is InChI=1S/C25H25ClN6O/c1-25(2)12-6-15-33-22-17(25)8-5-10-20(22)30-24-27-16-18(26)23(31-24)29-19-9-3-4-11-21(19)32-14-7-13-28-32/h3-5,7-11,13-14,16H,6,12,15H2,1-2H3,(H2,27,29,30,31). The fraction of sp³-hybridized carbons (Fsp3) is 0.240. The summed E-state index contributed by atoms with van der Waals surface area (Å²) in [4.78, 5) is 9.03. The molecule has 0 atom stereocenters. The van der Waals surface area contributed by atoms with Crippen LogP contribution < -0.4 is 15.4 Å². The van der Waals surface area contributed by atoms with Crippen LogP contribution in [0.3, 0.4) is 0 Å². The smallest absolute Gasteiger partial charge is 0.229 e. The number of anilines is 4. The summed E-state index contributed by atoms with van der Waals surface area (Å²) in [7, 11) is 0. The average Bonchev–Trinajstić information content (AvgIpc) is 3.29. The van der Waals surface area contributed by atoms with Gasteiger partial charge in [0.25, 0.3) is 0 Å². The van der Waals surface area contributed by atoms with Crippen molar-refractivity contribution in [3.63, 3.8) is 0 Å². The van der Waals surface area contributed by atoms with Crippen LogP contribution in [0.4, 0.5) is 23.1 Å². The Kier molecular flexibility index (Phi) is 5.64. The Morgan fingerprint density at radius 3 is 2.73 bits per heavy atom. The van der Waals surface area contributed by atoms with Gasteiger partial charge in [-0.05, 0) is 42.5 Å². The molecule has 4 aromatic rings. The van der Waals surface area contributed by atoms with Crippen molar-refractivity contribution < 1.29 is 4.74 Å². The van der Waals surface area contributed by atoms with E-state index >= 15 is 0 Å². The number of fused-ring (bicyclic) bond motifs is 1. The Morgan fingerprint density at radius 1 is 1.03 bits per heavy atom. The summed E-state index contributed by atoms with van der Waals surface area (Å²) in [6.07, 6.45) is 7.30. The number of halogens is 1. The molecule has 0 aliphatic carbocycles. The first-order chi connectivity index (χ1) is 16.0. The summed E-state index contributed by atoms with van der Waals surface area (Å²) < 4.78 is 7.91. The van der Waals surface area contributed by atoms with E-state index in [4.69, 9.17) is 16.3 Å². The topological polar surface area (TPSA) is 76.9 Å². The van der Waals surface area contributed by atoms with Gasteiger partial charge in [-0.15, -0.1) is 0 Å². The van der Waals surface area contributed by atoms with Gasteiger partial charge in [0.15, 0.2) is 5.82 Å². The van der Waals surface area contributed by atoms with Crippen molar-refractivity contribution in [3.05, 3.63) is 77.7 Å². The summed E-state index contributed by atoms with van der Waals surface area (Å²) in [5.74, 6) is 1.78. The fourth-order valence-corrected chi connectivity index (χ4v) is 4.24. The van der Waals surface area contributed by atoms with Gasteiger partial charge in [-0.25, -0.2) is 9.67 Å². The normalized spacial score (nSPS) is 14.6. The lowest BCUT2D eigenvalue weighted by Crippen LogP contribution is -2.16. The predicted octanol–water partition coefficient (Wildman–Crippen LogP) is 6.25. The Morgan fingerprint density at radius 2 is 1.88 bits per heavy atom. The first kappa shape index (κ1) is 21.3. The van der Waals surface area contributed by atoms with Gasteiger partial charge in [0.2, 0.25) is 5.95 Å². The third-order valence-corrected chi connectivity index (χ3v) is 6.11. The van der Waals surface area contributed by atoms with Gasteiger partial charge in [0, 0.05) is 18.0 Å². The van der Waals surface area contributed by atoms with Gasteiger partial charge < -0.3 is 15.4 Å². The van der Waals surface area contributed by atoms with Crippen molar-refractivity contribution in [1.82, 2.24) is 19.7 Å². The van der Waals surface area contributed by atoms with Crippen molar-refractivity contribution in [2.75, 3.05) is 17.2 Å². The molecule has 0 saturated carbocycles. The molecule has 5 rings (SSSR count). The number of rotatable bonds is 5. The Labute approximate surface area is 197 Å². The second-order valence-corrected chi connectivity index (χ2v) is 9.03. The summed E-state index contributed by atoms with van der Waals surface area (Å²) in [5.41, 5.74) is 3.77. The Balaban J connectivity index is 1.46. The largest absolute Gasteiger partial charge is 0.491 e. The molecule has 0 amide bonds. The van der Waals surface area contributed by atoms with E-state index < -0.39 is 0 Å². The second-order valence-electron chi connectivity index (χ2n) is 8.63. The highest BCUT2D eigenvalue weighted by Crippen LogP contribution is 2.42. The van der Waals surface area contributed by atoms with Crippen molar-refractivity contribution in [2.45, 2.75) is 32.1 Å². The number of nitrogens with zero attached hydrogens (tertiary/aromatic N) is 4. The molecule has 0 radical (unpaired) electrons. The molecule has 33 heavy (non-hydrogen) atoms. The zero-order valence-electron chi connectivity index (χ0n) is 18.5. The summed E-state index contributed by atoms with van der Waals surface area (Å²) in [6, 6.07) is 15.9. The molecule has 7 nitrogen and oxygen atoms in total. The molecule has 2 aromatic carbocycles. The van der Waals surface area contributed by atoms with Crippen LogP contribution in [-0.2, 0) is 5.41 Å². The van der Waals surface area contributed by atoms with E-state index in [1.54, 1.807) is 17.1 Å². The first-order valence-electron chi connectivity index (χ1n) is 10.9. The fourth-order valence-electron chi connectivity index (χ4n) is 4.10. The molecule has 0 saturated heterocycles. The monoisotopic (exact) mass is 460 g/mol. The number of ether oxygens (including phenoxy) is 1.